The molecule has 0 radical (unpaired) electrons. The van der Waals surface area contributed by atoms with Gasteiger partial charge in [-0.25, -0.2) is 4.68 Å². The summed E-state index contributed by atoms with van der Waals surface area (Å²) in [4.78, 5) is 12.3. The Morgan fingerprint density at radius 2 is 2.04 bits per heavy atom. The molecule has 0 atom stereocenters. The first-order chi connectivity index (χ1) is 13.6. The zero-order chi connectivity index (χ0) is 20.0. The summed E-state index contributed by atoms with van der Waals surface area (Å²) in [6.45, 7) is 2.53. The Hall–Kier alpha value is -2.73. The van der Waals surface area contributed by atoms with Gasteiger partial charge < -0.3 is 15.9 Å². The summed E-state index contributed by atoms with van der Waals surface area (Å²) >= 11 is 1.20. The van der Waals surface area contributed by atoms with E-state index in [1.165, 1.54) is 16.4 Å². The van der Waals surface area contributed by atoms with Crippen molar-refractivity contribution in [3.05, 3.63) is 24.3 Å². The molecule has 0 saturated heterocycles. The monoisotopic (exact) mass is 400 g/mol. The highest BCUT2D eigenvalue weighted by Gasteiger charge is 2.33. The zero-order valence-corrected chi connectivity index (χ0v) is 16.7. The summed E-state index contributed by atoms with van der Waals surface area (Å²) in [5, 5.41) is 21.0. The van der Waals surface area contributed by atoms with Crippen LogP contribution in [0.1, 0.15) is 39.0 Å². The van der Waals surface area contributed by atoms with Gasteiger partial charge in [0.05, 0.1) is 18.4 Å². The van der Waals surface area contributed by atoms with Crippen molar-refractivity contribution in [2.45, 2.75) is 49.7 Å². The maximum atomic E-state index is 12.3. The number of rotatable bonds is 7. The molecule has 0 spiro atoms. The number of nitrogen functional groups attached to an aromatic ring is 1. The summed E-state index contributed by atoms with van der Waals surface area (Å²) in [5.74, 6) is 7.32. The first-order valence-electron chi connectivity index (χ1n) is 9.36. The van der Waals surface area contributed by atoms with Crippen LogP contribution in [0.2, 0.25) is 0 Å². The van der Waals surface area contributed by atoms with Crippen LogP contribution >= 0.6 is 11.8 Å². The Kier molecular flexibility index (Phi) is 6.41. The third kappa shape index (κ3) is 4.57. The van der Waals surface area contributed by atoms with Gasteiger partial charge in [-0.3, -0.25) is 4.79 Å². The van der Waals surface area contributed by atoms with Crippen molar-refractivity contribution in [1.82, 2.24) is 20.2 Å². The molecule has 1 amide bonds. The third-order valence-electron chi connectivity index (χ3n) is 4.72. The molecular formula is C19H24N6O2S. The first-order valence-corrected chi connectivity index (χ1v) is 10.3. The second-order valence-corrected chi connectivity index (χ2v) is 7.67. The van der Waals surface area contributed by atoms with Crippen molar-refractivity contribution in [2.75, 3.05) is 18.2 Å². The lowest BCUT2D eigenvalue weighted by molar-refractivity contribution is -0.120. The highest BCUT2D eigenvalue weighted by atomic mass is 32.2. The summed E-state index contributed by atoms with van der Waals surface area (Å²) < 4.78 is 6.80. The van der Waals surface area contributed by atoms with E-state index >= 15 is 0 Å². The zero-order valence-electron chi connectivity index (χ0n) is 15.9. The number of thioether (sulfide) groups is 1. The van der Waals surface area contributed by atoms with Gasteiger partial charge in [-0.05, 0) is 44.0 Å². The highest BCUT2D eigenvalue weighted by Crippen LogP contribution is 2.28. The SMILES string of the molecule is CCOc1ccc(-c2nnc(SCC(=O)NC3(C#N)CCCCC3)n2N)cc1. The van der Waals surface area contributed by atoms with Gasteiger partial charge >= 0.3 is 0 Å². The molecule has 1 aromatic carbocycles. The highest BCUT2D eigenvalue weighted by molar-refractivity contribution is 7.99. The van der Waals surface area contributed by atoms with Gasteiger partial charge in [0.1, 0.15) is 11.3 Å². The van der Waals surface area contributed by atoms with Gasteiger partial charge in [-0.15, -0.1) is 10.2 Å². The Balaban J connectivity index is 1.61. The van der Waals surface area contributed by atoms with Crippen molar-refractivity contribution in [1.29, 1.82) is 5.26 Å². The van der Waals surface area contributed by atoms with E-state index in [4.69, 9.17) is 10.6 Å². The maximum Gasteiger partial charge on any atom is 0.231 e. The molecule has 3 rings (SSSR count). The fourth-order valence-corrected chi connectivity index (χ4v) is 3.95. The second-order valence-electron chi connectivity index (χ2n) is 6.72. The lowest BCUT2D eigenvalue weighted by atomic mass is 9.83. The number of amides is 1. The number of carbonyl (C=O) groups excluding carboxylic acids is 1. The van der Waals surface area contributed by atoms with Crippen molar-refractivity contribution in [2.24, 2.45) is 0 Å². The van der Waals surface area contributed by atoms with E-state index in [9.17, 15) is 10.1 Å². The predicted octanol–water partition coefficient (Wildman–Crippen LogP) is 2.49. The normalized spacial score (nSPS) is 15.6. The van der Waals surface area contributed by atoms with Crippen LogP contribution < -0.4 is 15.9 Å². The van der Waals surface area contributed by atoms with Gasteiger partial charge in [0.2, 0.25) is 11.1 Å². The summed E-state index contributed by atoms with van der Waals surface area (Å²) in [5.41, 5.74) is 0.0696. The summed E-state index contributed by atoms with van der Waals surface area (Å²) in [6, 6.07) is 9.70. The number of ether oxygens (including phenoxy) is 1. The number of nitriles is 1. The maximum absolute atomic E-state index is 12.3. The molecule has 2 aromatic rings. The Labute approximate surface area is 168 Å². The molecule has 28 heavy (non-hydrogen) atoms. The Bertz CT molecular complexity index is 852. The lowest BCUT2D eigenvalue weighted by Crippen LogP contribution is -2.49. The summed E-state index contributed by atoms with van der Waals surface area (Å²) in [7, 11) is 0. The average molecular weight is 401 g/mol. The van der Waals surface area contributed by atoms with Crippen LogP contribution in [0.5, 0.6) is 5.75 Å². The van der Waals surface area contributed by atoms with Crippen molar-refractivity contribution >= 4 is 17.7 Å². The quantitative estimate of drug-likeness (QED) is 0.541. The number of benzene rings is 1. The Morgan fingerprint density at radius 1 is 1.32 bits per heavy atom. The molecule has 0 bridgehead atoms. The molecule has 1 saturated carbocycles. The minimum Gasteiger partial charge on any atom is -0.494 e. The molecule has 0 aliphatic heterocycles. The minimum absolute atomic E-state index is 0.127. The van der Waals surface area contributed by atoms with E-state index in [0.29, 0.717) is 30.4 Å². The second kappa shape index (κ2) is 8.97. The third-order valence-corrected chi connectivity index (χ3v) is 5.66. The molecule has 1 aliphatic rings. The predicted molar refractivity (Wildman–Crippen MR) is 107 cm³/mol. The molecule has 1 fully saturated rings. The fraction of sp³-hybridized carbons (Fsp3) is 0.474. The van der Waals surface area contributed by atoms with E-state index in [2.05, 4.69) is 21.6 Å². The van der Waals surface area contributed by atoms with Crippen molar-refractivity contribution in [3.8, 4) is 23.2 Å². The molecule has 3 N–H and O–H groups in total. The Morgan fingerprint density at radius 3 is 2.68 bits per heavy atom. The van der Waals surface area contributed by atoms with Gasteiger partial charge in [-0.1, -0.05) is 31.0 Å². The van der Waals surface area contributed by atoms with Gasteiger partial charge in [0.15, 0.2) is 5.82 Å². The molecule has 148 valence electrons. The van der Waals surface area contributed by atoms with E-state index in [-0.39, 0.29) is 11.7 Å². The van der Waals surface area contributed by atoms with E-state index in [0.717, 1.165) is 30.6 Å². The molecule has 9 heteroatoms. The van der Waals surface area contributed by atoms with E-state index in [1.54, 1.807) is 0 Å². The number of aromatic nitrogens is 3. The van der Waals surface area contributed by atoms with Crippen LogP contribution in [-0.4, -0.2) is 38.7 Å². The number of nitrogens with two attached hydrogens (primary N) is 1. The molecule has 0 unspecified atom stereocenters. The average Bonchev–Trinajstić information content (AvgIpc) is 3.08. The lowest BCUT2D eigenvalue weighted by Gasteiger charge is -2.31. The largest absolute Gasteiger partial charge is 0.494 e. The van der Waals surface area contributed by atoms with Crippen molar-refractivity contribution < 1.29 is 9.53 Å². The van der Waals surface area contributed by atoms with Crippen LogP contribution in [0.4, 0.5) is 0 Å². The van der Waals surface area contributed by atoms with Crippen molar-refractivity contribution in [3.63, 3.8) is 0 Å². The van der Waals surface area contributed by atoms with Crippen LogP contribution in [0, 0.1) is 11.3 Å². The van der Waals surface area contributed by atoms with Gasteiger partial charge in [0, 0.05) is 5.56 Å². The van der Waals surface area contributed by atoms with Crippen LogP contribution in [0.15, 0.2) is 29.4 Å². The molecule has 1 aliphatic carbocycles. The molecular weight excluding hydrogens is 376 g/mol. The standard InChI is InChI=1S/C19H24N6O2S/c1-2-27-15-8-6-14(7-9-15)17-23-24-18(25(17)21)28-12-16(26)22-19(13-20)10-4-3-5-11-19/h6-9H,2-5,10-12,21H2,1H3,(H,22,26). The number of hydrogen-bond acceptors (Lipinski definition) is 7. The van der Waals surface area contributed by atoms with E-state index in [1.807, 2.05) is 31.2 Å². The molecule has 1 heterocycles. The first kappa shape index (κ1) is 20.0. The number of carbonyl (C=O) groups is 1. The summed E-state index contributed by atoms with van der Waals surface area (Å²) in [6.07, 6.45) is 4.44. The molecule has 1 aromatic heterocycles. The van der Waals surface area contributed by atoms with E-state index < -0.39 is 5.54 Å². The smallest absolute Gasteiger partial charge is 0.231 e. The topological polar surface area (TPSA) is 119 Å². The number of nitrogens with one attached hydrogen (secondary N) is 1. The van der Waals surface area contributed by atoms with Crippen LogP contribution in [0.25, 0.3) is 11.4 Å². The fourth-order valence-electron chi connectivity index (χ4n) is 3.29. The van der Waals surface area contributed by atoms with Crippen LogP contribution in [0.3, 0.4) is 0 Å². The van der Waals surface area contributed by atoms with Gasteiger partial charge in [0.25, 0.3) is 0 Å². The van der Waals surface area contributed by atoms with Crippen LogP contribution in [-0.2, 0) is 4.79 Å². The number of nitrogens with zero attached hydrogens (tertiary/aromatic N) is 4. The van der Waals surface area contributed by atoms with Gasteiger partial charge in [-0.2, -0.15) is 5.26 Å². The minimum atomic E-state index is -0.736. The molecule has 8 nitrogen and oxygen atoms in total. The number of hydrogen-bond donors (Lipinski definition) is 2.